The first-order valence-electron chi connectivity index (χ1n) is 5.08. The first kappa shape index (κ1) is 13.9. The van der Waals surface area contributed by atoms with Gasteiger partial charge < -0.3 is 14.8 Å². The second kappa shape index (κ2) is 7.25. The number of ether oxygens (including phenoxy) is 2. The molecule has 0 aliphatic carbocycles. The summed E-state index contributed by atoms with van der Waals surface area (Å²) in [5.41, 5.74) is 2.56. The fourth-order valence-corrected chi connectivity index (χ4v) is 1.05. The van der Waals surface area contributed by atoms with Crippen molar-refractivity contribution in [1.82, 2.24) is 10.8 Å². The van der Waals surface area contributed by atoms with E-state index < -0.39 is 12.0 Å². The molecule has 7 heteroatoms. The van der Waals surface area contributed by atoms with Gasteiger partial charge in [0.05, 0.1) is 0 Å². The number of carbonyl (C=O) groups excluding carboxylic acids is 2. The van der Waals surface area contributed by atoms with Gasteiger partial charge in [0.2, 0.25) is 0 Å². The van der Waals surface area contributed by atoms with Crippen LogP contribution in [0.5, 0.6) is 5.75 Å². The topological polar surface area (TPSA) is 85.9 Å². The summed E-state index contributed by atoms with van der Waals surface area (Å²) in [6.45, 7) is -0.0381. The Bertz CT molecular complexity index is 404. The zero-order valence-corrected chi connectivity index (χ0v) is 10.1. The number of nitrogens with one attached hydrogen (secondary N) is 2. The van der Waals surface area contributed by atoms with Gasteiger partial charge in [-0.25, -0.2) is 15.1 Å². The van der Waals surface area contributed by atoms with Gasteiger partial charge in [0, 0.05) is 19.7 Å². The summed E-state index contributed by atoms with van der Waals surface area (Å²) in [4.78, 5) is 27.1. The summed E-state index contributed by atoms with van der Waals surface area (Å²) in [7, 11) is 2.90. The number of amides is 2. The van der Waals surface area contributed by atoms with Crippen LogP contribution < -0.4 is 15.5 Å². The molecule has 98 valence electrons. The molecule has 0 aliphatic heterocycles. The van der Waals surface area contributed by atoms with Crippen molar-refractivity contribution >= 4 is 12.0 Å². The van der Waals surface area contributed by atoms with Crippen molar-refractivity contribution in [2.75, 3.05) is 21.0 Å². The first-order valence-corrected chi connectivity index (χ1v) is 5.08. The number of hydrogen-bond donors (Lipinski definition) is 2. The van der Waals surface area contributed by atoms with E-state index in [0.29, 0.717) is 11.3 Å². The minimum atomic E-state index is -0.573. The van der Waals surface area contributed by atoms with E-state index in [-0.39, 0.29) is 6.79 Å². The Balaban J connectivity index is 2.54. The molecule has 18 heavy (non-hydrogen) atoms. The molecule has 0 unspecified atom stereocenters. The maximum absolute atomic E-state index is 11.5. The molecule has 0 saturated carbocycles. The van der Waals surface area contributed by atoms with Gasteiger partial charge in [0.25, 0.3) is 5.91 Å². The highest BCUT2D eigenvalue weighted by Crippen LogP contribution is 2.12. The third-order valence-corrected chi connectivity index (χ3v) is 1.87. The molecule has 0 aliphatic rings. The lowest BCUT2D eigenvalue weighted by Crippen LogP contribution is -2.24. The van der Waals surface area contributed by atoms with E-state index in [1.807, 2.05) is 0 Å². The van der Waals surface area contributed by atoms with Crippen molar-refractivity contribution in [2.45, 2.75) is 0 Å². The van der Waals surface area contributed by atoms with E-state index in [4.69, 9.17) is 9.57 Å². The zero-order chi connectivity index (χ0) is 13.4. The summed E-state index contributed by atoms with van der Waals surface area (Å²) >= 11 is 0. The Labute approximate surface area is 104 Å². The van der Waals surface area contributed by atoms with Crippen LogP contribution in [0.3, 0.4) is 0 Å². The van der Waals surface area contributed by atoms with Crippen LogP contribution in [0, 0.1) is 0 Å². The van der Waals surface area contributed by atoms with Gasteiger partial charge in [-0.15, -0.1) is 0 Å². The Morgan fingerprint density at radius 3 is 2.44 bits per heavy atom. The van der Waals surface area contributed by atoms with E-state index in [2.05, 4.69) is 15.5 Å². The predicted octanol–water partition coefficient (Wildman–Crippen LogP) is 0.670. The van der Waals surface area contributed by atoms with Gasteiger partial charge >= 0.3 is 6.09 Å². The Morgan fingerprint density at radius 2 is 1.89 bits per heavy atom. The summed E-state index contributed by atoms with van der Waals surface area (Å²) in [5.74, 6) is -0.0812. The van der Waals surface area contributed by atoms with Crippen molar-refractivity contribution in [3.8, 4) is 5.75 Å². The highest BCUT2D eigenvalue weighted by molar-refractivity contribution is 5.93. The van der Waals surface area contributed by atoms with Gasteiger partial charge in [-0.3, -0.25) is 4.79 Å². The Kier molecular flexibility index (Phi) is 5.62. The lowest BCUT2D eigenvalue weighted by atomic mass is 10.2. The molecule has 0 spiro atoms. The van der Waals surface area contributed by atoms with Crippen LogP contribution in [0.15, 0.2) is 24.3 Å². The number of methoxy groups -OCH3 is 1. The molecule has 0 fully saturated rings. The molecule has 0 saturated heterocycles. The minimum absolute atomic E-state index is 0.0381. The maximum Gasteiger partial charge on any atom is 0.412 e. The van der Waals surface area contributed by atoms with Crippen LogP contribution in [0.4, 0.5) is 4.79 Å². The van der Waals surface area contributed by atoms with Crippen LogP contribution >= 0.6 is 0 Å². The average Bonchev–Trinajstić information content (AvgIpc) is 2.39. The molecule has 2 N–H and O–H groups in total. The van der Waals surface area contributed by atoms with Gasteiger partial charge in [-0.2, -0.15) is 0 Å². The minimum Gasteiger partial charge on any atom is -0.410 e. The predicted molar refractivity (Wildman–Crippen MR) is 62.0 cm³/mol. The van der Waals surface area contributed by atoms with Crippen molar-refractivity contribution in [3.05, 3.63) is 29.8 Å². The van der Waals surface area contributed by atoms with Crippen molar-refractivity contribution < 1.29 is 23.9 Å². The first-order chi connectivity index (χ1) is 8.67. The van der Waals surface area contributed by atoms with Gasteiger partial charge in [0.1, 0.15) is 5.75 Å². The molecule has 0 bridgehead atoms. The number of rotatable bonds is 5. The Hall–Kier alpha value is -2.12. The average molecular weight is 254 g/mol. The monoisotopic (exact) mass is 254 g/mol. The second-order valence-corrected chi connectivity index (χ2v) is 3.15. The third kappa shape index (κ3) is 4.40. The second-order valence-electron chi connectivity index (χ2n) is 3.15. The van der Waals surface area contributed by atoms with E-state index in [9.17, 15) is 9.59 Å². The van der Waals surface area contributed by atoms with Crippen LogP contribution in [0.1, 0.15) is 10.4 Å². The van der Waals surface area contributed by atoms with Gasteiger partial charge in [0.15, 0.2) is 6.79 Å². The van der Waals surface area contributed by atoms with Crippen LogP contribution in [-0.2, 0) is 9.57 Å². The van der Waals surface area contributed by atoms with E-state index in [1.54, 1.807) is 0 Å². The zero-order valence-electron chi connectivity index (χ0n) is 10.1. The third-order valence-electron chi connectivity index (χ3n) is 1.87. The molecule has 7 nitrogen and oxygen atoms in total. The number of hydroxylamine groups is 1. The molecule has 1 rings (SSSR count). The van der Waals surface area contributed by atoms with E-state index in [0.717, 1.165) is 0 Å². The quantitative estimate of drug-likeness (QED) is 0.458. The molecule has 0 atom stereocenters. The molecule has 1 aromatic carbocycles. The lowest BCUT2D eigenvalue weighted by Gasteiger charge is -2.06. The summed E-state index contributed by atoms with van der Waals surface area (Å²) < 4.78 is 9.47. The lowest BCUT2D eigenvalue weighted by molar-refractivity contribution is -0.0704. The number of hydrogen-bond acceptors (Lipinski definition) is 5. The highest BCUT2D eigenvalue weighted by atomic mass is 16.8. The summed E-state index contributed by atoms with van der Waals surface area (Å²) in [6.07, 6.45) is -0.573. The van der Waals surface area contributed by atoms with Gasteiger partial charge in [-0.1, -0.05) is 0 Å². The van der Waals surface area contributed by atoms with E-state index in [1.165, 1.54) is 38.4 Å². The number of carbonyl (C=O) groups is 2. The molecule has 2 amide bonds. The molecule has 0 radical (unpaired) electrons. The standard InChI is InChI=1S/C11H14N2O5/c1-12-11(15)18-9-5-3-8(4-6-9)10(14)13-17-7-16-2/h3-6H,7H2,1-2H3,(H,12,15)(H,13,14). The largest absolute Gasteiger partial charge is 0.412 e. The fourth-order valence-electron chi connectivity index (χ4n) is 1.05. The molecule has 0 aromatic heterocycles. The Morgan fingerprint density at radius 1 is 1.22 bits per heavy atom. The molecule has 0 heterocycles. The van der Waals surface area contributed by atoms with E-state index >= 15 is 0 Å². The molecular formula is C11H14N2O5. The van der Waals surface area contributed by atoms with Gasteiger partial charge in [-0.05, 0) is 24.3 Å². The van der Waals surface area contributed by atoms with Crippen molar-refractivity contribution in [3.63, 3.8) is 0 Å². The van der Waals surface area contributed by atoms with Crippen LogP contribution in [-0.4, -0.2) is 33.0 Å². The fraction of sp³-hybridized carbons (Fsp3) is 0.273. The highest BCUT2D eigenvalue weighted by Gasteiger charge is 2.06. The number of benzene rings is 1. The van der Waals surface area contributed by atoms with Crippen molar-refractivity contribution in [1.29, 1.82) is 0 Å². The maximum atomic E-state index is 11.5. The SMILES string of the molecule is CNC(=O)Oc1ccc(C(=O)NOCOC)cc1. The van der Waals surface area contributed by atoms with Crippen LogP contribution in [0.2, 0.25) is 0 Å². The smallest absolute Gasteiger partial charge is 0.410 e. The molecule has 1 aromatic rings. The molecular weight excluding hydrogens is 240 g/mol. The normalized spacial score (nSPS) is 9.67. The van der Waals surface area contributed by atoms with Crippen molar-refractivity contribution in [2.24, 2.45) is 0 Å². The van der Waals surface area contributed by atoms with Crippen LogP contribution in [0.25, 0.3) is 0 Å². The summed E-state index contributed by atoms with van der Waals surface area (Å²) in [5, 5.41) is 2.31. The summed E-state index contributed by atoms with van der Waals surface area (Å²) in [6, 6.07) is 6.01.